The highest BCUT2D eigenvalue weighted by Gasteiger charge is 2.30. The van der Waals surface area contributed by atoms with Gasteiger partial charge in [0, 0.05) is 32.6 Å². The summed E-state index contributed by atoms with van der Waals surface area (Å²) in [6.45, 7) is 3.14. The standard InChI is InChI=1S/C12H21N3O2/c1-13-10-4-8-15(12(10)17)9-5-11(16)14-6-2-3-7-14/h10,13H,2-9H2,1H3. The van der Waals surface area contributed by atoms with Crippen LogP contribution in [-0.2, 0) is 9.59 Å². The second kappa shape index (κ2) is 5.49. The van der Waals surface area contributed by atoms with Crippen LogP contribution in [0.4, 0.5) is 0 Å². The van der Waals surface area contributed by atoms with E-state index < -0.39 is 0 Å². The number of carbonyl (C=O) groups is 2. The molecule has 2 aliphatic rings. The van der Waals surface area contributed by atoms with Crippen molar-refractivity contribution in [3.05, 3.63) is 0 Å². The molecule has 2 rings (SSSR count). The van der Waals surface area contributed by atoms with Gasteiger partial charge < -0.3 is 15.1 Å². The zero-order valence-corrected chi connectivity index (χ0v) is 10.4. The number of carbonyl (C=O) groups excluding carboxylic acids is 2. The Labute approximate surface area is 102 Å². The lowest BCUT2D eigenvalue weighted by molar-refractivity contribution is -0.132. The van der Waals surface area contributed by atoms with Crippen LogP contribution in [0.5, 0.6) is 0 Å². The van der Waals surface area contributed by atoms with Crippen molar-refractivity contribution in [2.24, 2.45) is 0 Å². The Balaban J connectivity index is 1.75. The lowest BCUT2D eigenvalue weighted by Gasteiger charge is -2.19. The van der Waals surface area contributed by atoms with Gasteiger partial charge in [0.05, 0.1) is 6.04 Å². The molecule has 2 aliphatic heterocycles. The van der Waals surface area contributed by atoms with Crippen LogP contribution >= 0.6 is 0 Å². The molecule has 0 radical (unpaired) electrons. The molecule has 1 unspecified atom stereocenters. The lowest BCUT2D eigenvalue weighted by atomic mass is 10.2. The van der Waals surface area contributed by atoms with Gasteiger partial charge >= 0.3 is 0 Å². The second-order valence-electron chi connectivity index (χ2n) is 4.79. The average Bonchev–Trinajstić information content (AvgIpc) is 2.96. The van der Waals surface area contributed by atoms with E-state index in [4.69, 9.17) is 0 Å². The van der Waals surface area contributed by atoms with Gasteiger partial charge in [0.15, 0.2) is 0 Å². The zero-order valence-electron chi connectivity index (χ0n) is 10.4. The maximum Gasteiger partial charge on any atom is 0.239 e. The van der Waals surface area contributed by atoms with Gasteiger partial charge in [0.25, 0.3) is 0 Å². The number of hydrogen-bond donors (Lipinski definition) is 1. The van der Waals surface area contributed by atoms with E-state index in [1.165, 1.54) is 0 Å². The summed E-state index contributed by atoms with van der Waals surface area (Å²) in [6.07, 6.45) is 3.57. The highest BCUT2D eigenvalue weighted by atomic mass is 16.2. The van der Waals surface area contributed by atoms with Crippen LogP contribution in [0.3, 0.4) is 0 Å². The third-order valence-electron chi connectivity index (χ3n) is 3.70. The predicted molar refractivity (Wildman–Crippen MR) is 64.5 cm³/mol. The van der Waals surface area contributed by atoms with E-state index in [1.54, 1.807) is 11.9 Å². The molecule has 0 spiro atoms. The van der Waals surface area contributed by atoms with Gasteiger partial charge in [0.1, 0.15) is 0 Å². The van der Waals surface area contributed by atoms with E-state index in [-0.39, 0.29) is 17.9 Å². The number of amides is 2. The molecular formula is C12H21N3O2. The molecular weight excluding hydrogens is 218 g/mol. The molecule has 96 valence electrons. The van der Waals surface area contributed by atoms with Crippen LogP contribution < -0.4 is 5.32 Å². The lowest BCUT2D eigenvalue weighted by Crippen LogP contribution is -2.38. The van der Waals surface area contributed by atoms with Crippen molar-refractivity contribution in [3.63, 3.8) is 0 Å². The van der Waals surface area contributed by atoms with Gasteiger partial charge in [-0.2, -0.15) is 0 Å². The quantitative estimate of drug-likeness (QED) is 0.740. The zero-order chi connectivity index (χ0) is 12.3. The highest BCUT2D eigenvalue weighted by molar-refractivity contribution is 5.84. The smallest absolute Gasteiger partial charge is 0.239 e. The molecule has 2 saturated heterocycles. The monoisotopic (exact) mass is 239 g/mol. The molecule has 5 heteroatoms. The predicted octanol–water partition coefficient (Wildman–Crippen LogP) is -0.181. The van der Waals surface area contributed by atoms with Crippen molar-refractivity contribution < 1.29 is 9.59 Å². The van der Waals surface area contributed by atoms with E-state index in [9.17, 15) is 9.59 Å². The van der Waals surface area contributed by atoms with E-state index in [0.717, 1.165) is 38.9 Å². The molecule has 0 aliphatic carbocycles. The van der Waals surface area contributed by atoms with Crippen molar-refractivity contribution in [3.8, 4) is 0 Å². The van der Waals surface area contributed by atoms with Crippen LogP contribution in [0.15, 0.2) is 0 Å². The third kappa shape index (κ3) is 2.77. The molecule has 5 nitrogen and oxygen atoms in total. The second-order valence-corrected chi connectivity index (χ2v) is 4.79. The summed E-state index contributed by atoms with van der Waals surface area (Å²) in [4.78, 5) is 27.4. The topological polar surface area (TPSA) is 52.7 Å². The minimum absolute atomic E-state index is 0.0445. The van der Waals surface area contributed by atoms with Gasteiger partial charge in [0.2, 0.25) is 11.8 Å². The molecule has 2 heterocycles. The summed E-state index contributed by atoms with van der Waals surface area (Å²) in [5, 5.41) is 3.00. The summed E-state index contributed by atoms with van der Waals surface area (Å²) in [6, 6.07) is -0.0445. The fourth-order valence-corrected chi connectivity index (χ4v) is 2.58. The van der Waals surface area contributed by atoms with Gasteiger partial charge in [-0.05, 0) is 26.3 Å². The van der Waals surface area contributed by atoms with Gasteiger partial charge in [-0.1, -0.05) is 0 Å². The van der Waals surface area contributed by atoms with E-state index in [1.807, 2.05) is 4.90 Å². The molecule has 0 aromatic carbocycles. The number of likely N-dealkylation sites (tertiary alicyclic amines) is 2. The number of nitrogens with one attached hydrogen (secondary N) is 1. The van der Waals surface area contributed by atoms with Crippen LogP contribution in [0.1, 0.15) is 25.7 Å². The van der Waals surface area contributed by atoms with Gasteiger partial charge in [-0.3, -0.25) is 9.59 Å². The van der Waals surface area contributed by atoms with Crippen LogP contribution in [-0.4, -0.2) is 60.9 Å². The Kier molecular flexibility index (Phi) is 3.99. The molecule has 1 atom stereocenters. The molecule has 2 amide bonds. The Morgan fingerprint density at radius 3 is 2.65 bits per heavy atom. The maximum absolute atomic E-state index is 11.8. The molecule has 1 N–H and O–H groups in total. The van der Waals surface area contributed by atoms with Crippen LogP contribution in [0.2, 0.25) is 0 Å². The fraction of sp³-hybridized carbons (Fsp3) is 0.833. The van der Waals surface area contributed by atoms with Crippen molar-refractivity contribution in [2.75, 3.05) is 33.2 Å². The highest BCUT2D eigenvalue weighted by Crippen LogP contribution is 2.13. The first-order valence-electron chi connectivity index (χ1n) is 6.46. The normalized spacial score (nSPS) is 24.8. The molecule has 0 saturated carbocycles. The summed E-state index contributed by atoms with van der Waals surface area (Å²) in [5.74, 6) is 0.338. The molecule has 2 fully saturated rings. The molecule has 0 bridgehead atoms. The van der Waals surface area contributed by atoms with Gasteiger partial charge in [-0.15, -0.1) is 0 Å². The number of nitrogens with zero attached hydrogens (tertiary/aromatic N) is 2. The fourth-order valence-electron chi connectivity index (χ4n) is 2.58. The van der Waals surface area contributed by atoms with Crippen molar-refractivity contribution in [1.29, 1.82) is 0 Å². The van der Waals surface area contributed by atoms with Crippen LogP contribution in [0, 0.1) is 0 Å². The third-order valence-corrected chi connectivity index (χ3v) is 3.70. The Morgan fingerprint density at radius 2 is 2.06 bits per heavy atom. The Hall–Kier alpha value is -1.10. The van der Waals surface area contributed by atoms with E-state index in [0.29, 0.717) is 13.0 Å². The number of hydrogen-bond acceptors (Lipinski definition) is 3. The molecule has 0 aromatic heterocycles. The maximum atomic E-state index is 11.8. The minimum Gasteiger partial charge on any atom is -0.343 e. The summed E-state index contributed by atoms with van der Waals surface area (Å²) in [5.41, 5.74) is 0. The number of rotatable bonds is 4. The first kappa shape index (κ1) is 12.4. The van der Waals surface area contributed by atoms with E-state index >= 15 is 0 Å². The molecule has 0 aromatic rings. The van der Waals surface area contributed by atoms with Gasteiger partial charge in [-0.25, -0.2) is 0 Å². The summed E-state index contributed by atoms with van der Waals surface area (Å²) in [7, 11) is 1.81. The van der Waals surface area contributed by atoms with Crippen molar-refractivity contribution >= 4 is 11.8 Å². The van der Waals surface area contributed by atoms with Crippen molar-refractivity contribution in [1.82, 2.24) is 15.1 Å². The SMILES string of the molecule is CNC1CCN(CCC(=O)N2CCCC2)C1=O. The number of likely N-dealkylation sites (N-methyl/N-ethyl adjacent to an activating group) is 1. The summed E-state index contributed by atoms with van der Waals surface area (Å²) < 4.78 is 0. The first-order chi connectivity index (χ1) is 8.22. The Morgan fingerprint density at radius 1 is 1.35 bits per heavy atom. The minimum atomic E-state index is -0.0445. The summed E-state index contributed by atoms with van der Waals surface area (Å²) >= 11 is 0. The van der Waals surface area contributed by atoms with E-state index in [2.05, 4.69) is 5.32 Å². The van der Waals surface area contributed by atoms with Crippen molar-refractivity contribution in [2.45, 2.75) is 31.7 Å². The average molecular weight is 239 g/mol. The largest absolute Gasteiger partial charge is 0.343 e. The first-order valence-corrected chi connectivity index (χ1v) is 6.46. The Bertz CT molecular complexity index is 300. The molecule has 17 heavy (non-hydrogen) atoms. The van der Waals surface area contributed by atoms with Crippen LogP contribution in [0.25, 0.3) is 0 Å².